The van der Waals surface area contributed by atoms with Crippen LogP contribution in [0.1, 0.15) is 41.2 Å². The number of ether oxygens (including phenoxy) is 2. The third-order valence-corrected chi connectivity index (χ3v) is 5.93. The summed E-state index contributed by atoms with van der Waals surface area (Å²) in [5, 5.41) is 1.88. The van der Waals surface area contributed by atoms with Gasteiger partial charge in [-0.3, -0.25) is 4.79 Å². The molecule has 25 heavy (non-hydrogen) atoms. The molecule has 1 saturated heterocycles. The molecule has 1 atom stereocenters. The Morgan fingerprint density at radius 3 is 3.08 bits per heavy atom. The number of aromatic nitrogens is 2. The standard InChI is InChI=1S/C18H23N3O3S/c1-20-9-7-19-15(20)6-5-13-4-2-3-8-21(13)18(22)17-16-14(12-25-17)23-10-11-24-16/h7,9,12-13H,2-6,8,10-11H2,1H3/t13-/m0/s1. The molecule has 2 aliphatic heterocycles. The largest absolute Gasteiger partial charge is 0.485 e. The quantitative estimate of drug-likeness (QED) is 0.840. The van der Waals surface area contributed by atoms with Crippen LogP contribution in [0.5, 0.6) is 11.5 Å². The molecule has 0 aromatic carbocycles. The van der Waals surface area contributed by atoms with Crippen LogP contribution >= 0.6 is 11.3 Å². The lowest BCUT2D eigenvalue weighted by Crippen LogP contribution is -2.44. The molecule has 1 amide bonds. The molecule has 134 valence electrons. The van der Waals surface area contributed by atoms with Gasteiger partial charge in [0.2, 0.25) is 0 Å². The number of thiophene rings is 1. The number of hydrogen-bond donors (Lipinski definition) is 0. The van der Waals surface area contributed by atoms with Crippen LogP contribution in [0, 0.1) is 0 Å². The van der Waals surface area contributed by atoms with Gasteiger partial charge in [-0.25, -0.2) is 4.98 Å². The second-order valence-corrected chi connectivity index (χ2v) is 7.48. The topological polar surface area (TPSA) is 56.6 Å². The fourth-order valence-electron chi connectivity index (χ4n) is 3.64. The summed E-state index contributed by atoms with van der Waals surface area (Å²) < 4.78 is 13.3. The second kappa shape index (κ2) is 7.07. The zero-order chi connectivity index (χ0) is 17.2. The third-order valence-electron chi connectivity index (χ3n) is 5.01. The van der Waals surface area contributed by atoms with E-state index in [-0.39, 0.29) is 11.9 Å². The van der Waals surface area contributed by atoms with Crippen molar-refractivity contribution in [1.82, 2.24) is 14.5 Å². The van der Waals surface area contributed by atoms with Crippen molar-refractivity contribution >= 4 is 17.2 Å². The number of aryl methyl sites for hydroxylation is 2. The van der Waals surface area contributed by atoms with Crippen LogP contribution in [-0.2, 0) is 13.5 Å². The maximum absolute atomic E-state index is 13.2. The zero-order valence-corrected chi connectivity index (χ0v) is 15.3. The van der Waals surface area contributed by atoms with E-state index in [0.717, 1.165) is 38.1 Å². The fraction of sp³-hybridized carbons (Fsp3) is 0.556. The van der Waals surface area contributed by atoms with Gasteiger partial charge in [0, 0.05) is 43.8 Å². The van der Waals surface area contributed by atoms with Gasteiger partial charge < -0.3 is 18.9 Å². The van der Waals surface area contributed by atoms with Crippen molar-refractivity contribution in [1.29, 1.82) is 0 Å². The zero-order valence-electron chi connectivity index (χ0n) is 14.4. The van der Waals surface area contributed by atoms with E-state index in [4.69, 9.17) is 9.47 Å². The van der Waals surface area contributed by atoms with Crippen LogP contribution < -0.4 is 9.47 Å². The summed E-state index contributed by atoms with van der Waals surface area (Å²) in [6.45, 7) is 1.87. The van der Waals surface area contributed by atoms with Gasteiger partial charge in [-0.15, -0.1) is 11.3 Å². The first-order valence-corrected chi connectivity index (χ1v) is 9.76. The van der Waals surface area contributed by atoms with Crippen molar-refractivity contribution in [2.75, 3.05) is 19.8 Å². The summed E-state index contributed by atoms with van der Waals surface area (Å²) in [6.07, 6.45) is 8.93. The number of likely N-dealkylation sites (tertiary alicyclic amines) is 1. The van der Waals surface area contributed by atoms with Crippen molar-refractivity contribution in [3.05, 3.63) is 28.5 Å². The van der Waals surface area contributed by atoms with Crippen LogP contribution in [0.2, 0.25) is 0 Å². The van der Waals surface area contributed by atoms with Gasteiger partial charge in [0.1, 0.15) is 23.9 Å². The molecule has 1 fully saturated rings. The number of carbonyl (C=O) groups excluding carboxylic acids is 1. The smallest absolute Gasteiger partial charge is 0.268 e. The first-order valence-electron chi connectivity index (χ1n) is 8.88. The highest BCUT2D eigenvalue weighted by molar-refractivity contribution is 7.12. The van der Waals surface area contributed by atoms with Gasteiger partial charge in [-0.1, -0.05) is 0 Å². The second-order valence-electron chi connectivity index (χ2n) is 6.60. The fourth-order valence-corrected chi connectivity index (χ4v) is 4.53. The number of carbonyl (C=O) groups is 1. The Hall–Kier alpha value is -2.02. The summed E-state index contributed by atoms with van der Waals surface area (Å²) in [5.74, 6) is 2.50. The van der Waals surface area contributed by atoms with Crippen LogP contribution in [0.3, 0.4) is 0 Å². The molecule has 0 unspecified atom stereocenters. The highest BCUT2D eigenvalue weighted by Crippen LogP contribution is 2.40. The Morgan fingerprint density at radius 1 is 1.36 bits per heavy atom. The summed E-state index contributed by atoms with van der Waals surface area (Å²) in [4.78, 5) is 20.3. The maximum atomic E-state index is 13.2. The average molecular weight is 361 g/mol. The number of hydrogen-bond acceptors (Lipinski definition) is 5. The molecule has 6 nitrogen and oxygen atoms in total. The number of nitrogens with zero attached hydrogens (tertiary/aromatic N) is 3. The number of amides is 1. The molecule has 4 heterocycles. The lowest BCUT2D eigenvalue weighted by atomic mass is 9.97. The van der Waals surface area contributed by atoms with E-state index in [2.05, 4.69) is 9.55 Å². The summed E-state index contributed by atoms with van der Waals surface area (Å²) in [7, 11) is 2.02. The van der Waals surface area contributed by atoms with Gasteiger partial charge in [0.15, 0.2) is 11.5 Å². The highest BCUT2D eigenvalue weighted by Gasteiger charge is 2.32. The van der Waals surface area contributed by atoms with E-state index >= 15 is 0 Å². The van der Waals surface area contributed by atoms with Crippen LogP contribution in [0.4, 0.5) is 0 Å². The molecule has 0 aliphatic carbocycles. The summed E-state index contributed by atoms with van der Waals surface area (Å²) in [6, 6.07) is 0.264. The maximum Gasteiger partial charge on any atom is 0.268 e. The first-order chi connectivity index (χ1) is 12.2. The van der Waals surface area contributed by atoms with Crippen molar-refractivity contribution in [3.63, 3.8) is 0 Å². The normalized spacial score (nSPS) is 19.9. The Labute approximate surface area is 151 Å². The van der Waals surface area contributed by atoms with Crippen molar-refractivity contribution in [2.45, 2.75) is 38.1 Å². The molecular formula is C18H23N3O3S. The molecule has 0 N–H and O–H groups in total. The SMILES string of the molecule is Cn1ccnc1CC[C@@H]1CCCCN1C(=O)c1scc2c1OCCO2. The lowest BCUT2D eigenvalue weighted by molar-refractivity contribution is 0.0598. The van der Waals surface area contributed by atoms with Gasteiger partial charge in [-0.2, -0.15) is 0 Å². The number of imidazole rings is 1. The van der Waals surface area contributed by atoms with Gasteiger partial charge in [-0.05, 0) is 25.7 Å². The Kier molecular flexibility index (Phi) is 4.65. The van der Waals surface area contributed by atoms with E-state index in [1.807, 2.05) is 29.7 Å². The Morgan fingerprint density at radius 2 is 2.24 bits per heavy atom. The molecule has 2 aromatic rings. The minimum absolute atomic E-state index is 0.0845. The predicted octanol–water partition coefficient (Wildman–Crippen LogP) is 2.88. The highest BCUT2D eigenvalue weighted by atomic mass is 32.1. The summed E-state index contributed by atoms with van der Waals surface area (Å²) in [5.41, 5.74) is 0. The minimum atomic E-state index is 0.0845. The predicted molar refractivity (Wildman–Crippen MR) is 95.5 cm³/mol. The lowest BCUT2D eigenvalue weighted by Gasteiger charge is -2.36. The number of fused-ring (bicyclic) bond motifs is 1. The van der Waals surface area contributed by atoms with Crippen LogP contribution in [-0.4, -0.2) is 46.2 Å². The first kappa shape index (κ1) is 16.4. The summed E-state index contributed by atoms with van der Waals surface area (Å²) >= 11 is 1.43. The number of piperidine rings is 1. The van der Waals surface area contributed by atoms with Crippen LogP contribution in [0.15, 0.2) is 17.8 Å². The molecule has 2 aromatic heterocycles. The number of rotatable bonds is 4. The Bertz CT molecular complexity index is 755. The van der Waals surface area contributed by atoms with Gasteiger partial charge >= 0.3 is 0 Å². The molecule has 0 saturated carbocycles. The molecule has 7 heteroatoms. The molecule has 2 aliphatic rings. The van der Waals surface area contributed by atoms with E-state index in [0.29, 0.717) is 29.6 Å². The van der Waals surface area contributed by atoms with Crippen molar-refractivity contribution in [2.24, 2.45) is 7.05 Å². The molecule has 0 radical (unpaired) electrons. The van der Waals surface area contributed by atoms with Crippen molar-refractivity contribution in [3.8, 4) is 11.5 Å². The van der Waals surface area contributed by atoms with Gasteiger partial charge in [0.25, 0.3) is 5.91 Å². The van der Waals surface area contributed by atoms with Gasteiger partial charge in [0.05, 0.1) is 0 Å². The minimum Gasteiger partial charge on any atom is -0.485 e. The molecule has 0 spiro atoms. The average Bonchev–Trinajstić information content (AvgIpc) is 3.26. The van der Waals surface area contributed by atoms with Crippen molar-refractivity contribution < 1.29 is 14.3 Å². The third kappa shape index (κ3) is 3.25. The molecular weight excluding hydrogens is 338 g/mol. The molecule has 4 rings (SSSR count). The van der Waals surface area contributed by atoms with E-state index < -0.39 is 0 Å². The van der Waals surface area contributed by atoms with E-state index in [1.165, 1.54) is 17.8 Å². The van der Waals surface area contributed by atoms with E-state index in [1.54, 1.807) is 0 Å². The Balaban J connectivity index is 1.49. The van der Waals surface area contributed by atoms with Crippen LogP contribution in [0.25, 0.3) is 0 Å². The molecule has 0 bridgehead atoms. The van der Waals surface area contributed by atoms with E-state index in [9.17, 15) is 4.79 Å². The monoisotopic (exact) mass is 361 g/mol.